The van der Waals surface area contributed by atoms with Gasteiger partial charge in [-0.25, -0.2) is 9.25 Å². The van der Waals surface area contributed by atoms with Crippen LogP contribution in [0.4, 0.5) is 11.4 Å². The van der Waals surface area contributed by atoms with Gasteiger partial charge in [0.2, 0.25) is 5.91 Å². The molecule has 1 N–H and O–H groups in total. The zero-order valence-corrected chi connectivity index (χ0v) is 30.0. The fourth-order valence-corrected chi connectivity index (χ4v) is 8.34. The minimum Gasteiger partial charge on any atom is -0.369 e. The van der Waals surface area contributed by atoms with E-state index in [1.807, 2.05) is 41.9 Å². The lowest BCUT2D eigenvalue weighted by Crippen LogP contribution is -2.48. The van der Waals surface area contributed by atoms with Crippen molar-refractivity contribution < 1.29 is 13.6 Å². The lowest BCUT2D eigenvalue weighted by molar-refractivity contribution is -0.693. The van der Waals surface area contributed by atoms with Crippen LogP contribution in [0.15, 0.2) is 94.3 Å². The number of carbonyl (C=O) groups is 1. The van der Waals surface area contributed by atoms with Gasteiger partial charge in [-0.05, 0) is 53.9 Å². The van der Waals surface area contributed by atoms with Gasteiger partial charge in [0.15, 0.2) is 12.4 Å². The summed E-state index contributed by atoms with van der Waals surface area (Å²) in [7, 11) is 0.765. The number of thiophene rings is 1. The Morgan fingerprint density at radius 2 is 1.72 bits per heavy atom. The average molecular weight is 707 g/mol. The fourth-order valence-electron chi connectivity index (χ4n) is 6.41. The highest BCUT2D eigenvalue weighted by atomic mass is 32.2. The number of piperazine rings is 1. The monoisotopic (exact) mass is 706 g/mol. The predicted molar refractivity (Wildman–Crippen MR) is 203 cm³/mol. The molecule has 7 rings (SSSR count). The van der Waals surface area contributed by atoms with Crippen molar-refractivity contribution in [2.75, 3.05) is 49.2 Å². The number of aryl methyl sites for hydroxylation is 2. The number of fused-ring (bicyclic) bond motifs is 3. The van der Waals surface area contributed by atoms with E-state index in [-0.39, 0.29) is 18.0 Å². The maximum atomic E-state index is 13.5. The maximum absolute atomic E-state index is 13.5. The van der Waals surface area contributed by atoms with Crippen molar-refractivity contribution in [2.45, 2.75) is 24.2 Å². The lowest BCUT2D eigenvalue weighted by atomic mass is 10.1. The van der Waals surface area contributed by atoms with Gasteiger partial charge in [-0.15, -0.1) is 11.3 Å². The van der Waals surface area contributed by atoms with Crippen LogP contribution in [0.5, 0.6) is 0 Å². The first kappa shape index (κ1) is 33.6. The van der Waals surface area contributed by atoms with Gasteiger partial charge < -0.3 is 14.8 Å². The average Bonchev–Trinajstić information content (AvgIpc) is 3.68. The molecule has 1 amide bonds. The van der Waals surface area contributed by atoms with E-state index in [0.717, 1.165) is 63.7 Å². The van der Waals surface area contributed by atoms with Crippen LogP contribution in [0.2, 0.25) is 0 Å². The summed E-state index contributed by atoms with van der Waals surface area (Å²) in [5.74, 6) is -0.0670. The molecule has 256 valence electrons. The lowest BCUT2D eigenvalue weighted by Gasteiger charge is -2.35. The summed E-state index contributed by atoms with van der Waals surface area (Å²) in [5.41, 5.74) is 6.32. The number of anilines is 2. The highest BCUT2D eigenvalue weighted by Gasteiger charge is 2.20. The normalized spacial score (nSPS) is 14.6. The van der Waals surface area contributed by atoms with Crippen molar-refractivity contribution in [2.24, 2.45) is 7.05 Å². The van der Waals surface area contributed by atoms with Gasteiger partial charge in [0.05, 0.1) is 44.5 Å². The molecule has 1 aliphatic heterocycles. The van der Waals surface area contributed by atoms with E-state index in [1.165, 1.54) is 27.3 Å². The SMILES string of the molecule is CC[n+]1ccc(/C=C/c2ccc(N3CCN(CC(=O)Nc4cccc(Cn5ncc6c7sc(S(C)=O)cc7n(C)c6c5=O)c4)CC3)cc2)cc1. The largest absolute Gasteiger partial charge is 0.369 e. The molecule has 4 aromatic heterocycles. The molecule has 12 heteroatoms. The summed E-state index contributed by atoms with van der Waals surface area (Å²) in [6.07, 6.45) is 11.8. The Morgan fingerprint density at radius 1 is 1.00 bits per heavy atom. The summed E-state index contributed by atoms with van der Waals surface area (Å²) in [6, 6.07) is 22.3. The molecule has 1 saturated heterocycles. The van der Waals surface area contributed by atoms with E-state index in [9.17, 15) is 13.8 Å². The van der Waals surface area contributed by atoms with Gasteiger partial charge >= 0.3 is 0 Å². The number of benzene rings is 2. The Bertz CT molecular complexity index is 2280. The van der Waals surface area contributed by atoms with Gasteiger partial charge in [0, 0.05) is 68.4 Å². The number of pyridine rings is 1. The van der Waals surface area contributed by atoms with Crippen molar-refractivity contribution in [1.29, 1.82) is 0 Å². The van der Waals surface area contributed by atoms with Gasteiger partial charge in [0.1, 0.15) is 12.1 Å². The smallest absolute Gasteiger partial charge is 0.291 e. The molecule has 1 fully saturated rings. The molecule has 6 aromatic rings. The summed E-state index contributed by atoms with van der Waals surface area (Å²) in [5, 5.41) is 8.27. The van der Waals surface area contributed by atoms with E-state index < -0.39 is 10.8 Å². The first-order chi connectivity index (χ1) is 24.2. The van der Waals surface area contributed by atoms with Crippen molar-refractivity contribution in [3.63, 3.8) is 0 Å². The minimum atomic E-state index is -1.09. The Kier molecular flexibility index (Phi) is 9.75. The molecule has 0 spiro atoms. The minimum absolute atomic E-state index is 0.0670. The number of rotatable bonds is 10. The van der Waals surface area contributed by atoms with Crippen molar-refractivity contribution >= 4 is 72.7 Å². The molecule has 5 heterocycles. The third-order valence-corrected chi connectivity index (χ3v) is 11.8. The predicted octanol–water partition coefficient (Wildman–Crippen LogP) is 4.97. The molecule has 0 aliphatic carbocycles. The first-order valence-corrected chi connectivity index (χ1v) is 19.1. The standard InChI is InChI=1S/C38H39N7O3S2/c1-4-42-16-14-28(15-17-42)9-8-27-10-12-31(13-11-27)44-20-18-43(19-21-44)26-34(46)40-30-7-5-6-29(22-30)25-45-38(47)36-32(24-39-45)37-33(41(36)2)23-35(49-37)50(3)48/h5-17,22-24H,4,18-21,25-26H2,1-3H3/p+1. The first-order valence-electron chi connectivity index (χ1n) is 16.7. The fraction of sp³-hybridized carbons (Fsp3) is 0.263. The Hall–Kier alpha value is -4.91. The van der Waals surface area contributed by atoms with E-state index in [0.29, 0.717) is 17.7 Å². The number of nitrogens with one attached hydrogen (secondary N) is 1. The van der Waals surface area contributed by atoms with Gasteiger partial charge in [-0.1, -0.05) is 36.4 Å². The molecular weight excluding hydrogens is 667 g/mol. The van der Waals surface area contributed by atoms with E-state index in [4.69, 9.17) is 0 Å². The molecule has 10 nitrogen and oxygen atoms in total. The quantitative estimate of drug-likeness (QED) is 0.202. The molecule has 1 aliphatic rings. The topological polar surface area (TPSA) is 96.3 Å². The van der Waals surface area contributed by atoms with Crippen LogP contribution < -0.4 is 20.3 Å². The molecular formula is C38H40N7O3S2+. The molecule has 1 atom stereocenters. The molecule has 0 saturated carbocycles. The number of amides is 1. The molecule has 1 unspecified atom stereocenters. The number of aromatic nitrogens is 4. The Labute approximate surface area is 297 Å². The van der Waals surface area contributed by atoms with Gasteiger partial charge in [-0.2, -0.15) is 5.10 Å². The number of hydrogen-bond donors (Lipinski definition) is 1. The molecule has 50 heavy (non-hydrogen) atoms. The summed E-state index contributed by atoms with van der Waals surface area (Å²) in [6.45, 7) is 6.98. The number of carbonyl (C=O) groups excluding carboxylic acids is 1. The van der Waals surface area contributed by atoms with Crippen LogP contribution in [-0.4, -0.2) is 68.3 Å². The van der Waals surface area contributed by atoms with Crippen LogP contribution in [0, 0.1) is 0 Å². The third kappa shape index (κ3) is 7.18. The Morgan fingerprint density at radius 3 is 2.42 bits per heavy atom. The zero-order chi connectivity index (χ0) is 34.8. The second kappa shape index (κ2) is 14.5. The summed E-state index contributed by atoms with van der Waals surface area (Å²) < 4.78 is 19.1. The van der Waals surface area contributed by atoms with Crippen LogP contribution in [0.3, 0.4) is 0 Å². The van der Waals surface area contributed by atoms with Crippen LogP contribution in [-0.2, 0) is 35.7 Å². The summed E-state index contributed by atoms with van der Waals surface area (Å²) >= 11 is 1.44. The van der Waals surface area contributed by atoms with Gasteiger partial charge in [-0.3, -0.25) is 18.7 Å². The van der Waals surface area contributed by atoms with Crippen LogP contribution >= 0.6 is 11.3 Å². The molecule has 0 bridgehead atoms. The second-order valence-electron chi connectivity index (χ2n) is 12.6. The van der Waals surface area contributed by atoms with Crippen molar-refractivity contribution in [1.82, 2.24) is 19.2 Å². The van der Waals surface area contributed by atoms with Crippen molar-refractivity contribution in [3.05, 3.63) is 112 Å². The Balaban J connectivity index is 0.922. The van der Waals surface area contributed by atoms with Crippen LogP contribution in [0.25, 0.3) is 33.3 Å². The van der Waals surface area contributed by atoms with Crippen LogP contribution in [0.1, 0.15) is 23.6 Å². The summed E-state index contributed by atoms with van der Waals surface area (Å²) in [4.78, 5) is 31.1. The highest BCUT2D eigenvalue weighted by Crippen LogP contribution is 2.34. The van der Waals surface area contributed by atoms with E-state index >= 15 is 0 Å². The molecule has 2 aromatic carbocycles. The van der Waals surface area contributed by atoms with Crippen molar-refractivity contribution in [3.8, 4) is 0 Å². The highest BCUT2D eigenvalue weighted by molar-refractivity contribution is 7.86. The zero-order valence-electron chi connectivity index (χ0n) is 28.4. The third-order valence-electron chi connectivity index (χ3n) is 9.22. The number of nitrogens with zero attached hydrogens (tertiary/aromatic N) is 6. The van der Waals surface area contributed by atoms with E-state index in [1.54, 1.807) is 12.5 Å². The number of hydrogen-bond acceptors (Lipinski definition) is 7. The van der Waals surface area contributed by atoms with E-state index in [2.05, 4.69) is 92.7 Å². The molecule has 0 radical (unpaired) electrons. The van der Waals surface area contributed by atoms with Gasteiger partial charge in [0.25, 0.3) is 5.56 Å². The second-order valence-corrected chi connectivity index (χ2v) is 15.2. The maximum Gasteiger partial charge on any atom is 0.291 e.